The first kappa shape index (κ1) is 7.54. The van der Waals surface area contributed by atoms with Gasteiger partial charge in [-0.2, -0.15) is 0 Å². The standard InChI is InChI=1S/C7H13N5/c8-7-5-12(11-10-7)4-6-1-2-9-3-6/h5-6,9H,1-4,8H2. The van der Waals surface area contributed by atoms with E-state index in [1.165, 1.54) is 6.42 Å². The highest BCUT2D eigenvalue weighted by molar-refractivity contribution is 5.19. The third-order valence-corrected chi connectivity index (χ3v) is 2.16. The zero-order chi connectivity index (χ0) is 8.39. The Morgan fingerprint density at radius 2 is 2.67 bits per heavy atom. The second-order valence-electron chi connectivity index (χ2n) is 3.22. The van der Waals surface area contributed by atoms with Gasteiger partial charge in [0.1, 0.15) is 0 Å². The van der Waals surface area contributed by atoms with Crippen LogP contribution >= 0.6 is 0 Å². The lowest BCUT2D eigenvalue weighted by molar-refractivity contribution is 0.441. The molecule has 2 heterocycles. The Morgan fingerprint density at radius 3 is 3.25 bits per heavy atom. The molecule has 1 fully saturated rings. The van der Waals surface area contributed by atoms with E-state index >= 15 is 0 Å². The zero-order valence-corrected chi connectivity index (χ0v) is 6.90. The fourth-order valence-corrected chi connectivity index (χ4v) is 1.54. The highest BCUT2D eigenvalue weighted by Gasteiger charge is 2.15. The highest BCUT2D eigenvalue weighted by atomic mass is 15.4. The molecule has 0 bridgehead atoms. The summed E-state index contributed by atoms with van der Waals surface area (Å²) in [5.41, 5.74) is 5.44. The predicted octanol–water partition coefficient (Wildman–Crippen LogP) is -0.530. The zero-order valence-electron chi connectivity index (χ0n) is 6.90. The van der Waals surface area contributed by atoms with Crippen molar-refractivity contribution in [1.29, 1.82) is 0 Å². The van der Waals surface area contributed by atoms with Gasteiger partial charge in [-0.3, -0.25) is 4.68 Å². The van der Waals surface area contributed by atoms with Gasteiger partial charge in [0.2, 0.25) is 0 Å². The molecule has 3 N–H and O–H groups in total. The van der Waals surface area contributed by atoms with Gasteiger partial charge in [0.05, 0.1) is 6.20 Å². The average Bonchev–Trinajstić information content (AvgIpc) is 2.63. The molecular weight excluding hydrogens is 154 g/mol. The summed E-state index contributed by atoms with van der Waals surface area (Å²) in [4.78, 5) is 0. The molecule has 5 nitrogen and oxygen atoms in total. The summed E-state index contributed by atoms with van der Waals surface area (Å²) in [7, 11) is 0. The van der Waals surface area contributed by atoms with Gasteiger partial charge in [-0.05, 0) is 25.4 Å². The van der Waals surface area contributed by atoms with Crippen LogP contribution in [0.1, 0.15) is 6.42 Å². The van der Waals surface area contributed by atoms with Crippen molar-refractivity contribution in [1.82, 2.24) is 20.3 Å². The maximum absolute atomic E-state index is 5.44. The highest BCUT2D eigenvalue weighted by Crippen LogP contribution is 2.09. The van der Waals surface area contributed by atoms with Crippen LogP contribution in [0.3, 0.4) is 0 Å². The molecule has 1 aromatic heterocycles. The maximum atomic E-state index is 5.44. The normalized spacial score (nSPS) is 23.2. The fourth-order valence-electron chi connectivity index (χ4n) is 1.54. The summed E-state index contributed by atoms with van der Waals surface area (Å²) in [5.74, 6) is 1.19. The Balaban J connectivity index is 1.94. The van der Waals surface area contributed by atoms with E-state index in [-0.39, 0.29) is 0 Å². The molecule has 1 aliphatic heterocycles. The van der Waals surface area contributed by atoms with Crippen molar-refractivity contribution in [3.63, 3.8) is 0 Å². The van der Waals surface area contributed by atoms with Gasteiger partial charge >= 0.3 is 0 Å². The van der Waals surface area contributed by atoms with Crippen LogP contribution in [0, 0.1) is 5.92 Å². The first-order chi connectivity index (χ1) is 5.84. The molecule has 5 heteroatoms. The molecule has 0 radical (unpaired) electrons. The van der Waals surface area contributed by atoms with Gasteiger partial charge in [0.15, 0.2) is 5.82 Å². The van der Waals surface area contributed by atoms with E-state index < -0.39 is 0 Å². The minimum Gasteiger partial charge on any atom is -0.381 e. The van der Waals surface area contributed by atoms with Crippen LogP contribution in [0.25, 0.3) is 0 Å². The van der Waals surface area contributed by atoms with Gasteiger partial charge in [-0.1, -0.05) is 5.21 Å². The predicted molar refractivity (Wildman–Crippen MR) is 45.4 cm³/mol. The van der Waals surface area contributed by atoms with Crippen molar-refractivity contribution in [2.75, 3.05) is 18.8 Å². The van der Waals surface area contributed by atoms with Crippen molar-refractivity contribution in [3.05, 3.63) is 6.20 Å². The van der Waals surface area contributed by atoms with Crippen LogP contribution in [-0.4, -0.2) is 28.1 Å². The Kier molecular flexibility index (Phi) is 1.95. The summed E-state index contributed by atoms with van der Waals surface area (Å²) >= 11 is 0. The molecule has 1 saturated heterocycles. The SMILES string of the molecule is Nc1cn(CC2CCNC2)nn1. The molecular formula is C7H13N5. The van der Waals surface area contributed by atoms with E-state index in [1.807, 2.05) is 4.68 Å². The molecule has 66 valence electrons. The Hall–Kier alpha value is -1.10. The molecule has 0 aliphatic carbocycles. The van der Waals surface area contributed by atoms with Crippen molar-refractivity contribution in [2.24, 2.45) is 5.92 Å². The minimum atomic E-state index is 0.501. The van der Waals surface area contributed by atoms with E-state index in [4.69, 9.17) is 5.73 Å². The Labute approximate surface area is 70.9 Å². The van der Waals surface area contributed by atoms with Crippen LogP contribution in [-0.2, 0) is 6.54 Å². The lowest BCUT2D eigenvalue weighted by atomic mass is 10.1. The Morgan fingerprint density at radius 1 is 1.75 bits per heavy atom. The Bertz CT molecular complexity index is 250. The van der Waals surface area contributed by atoms with E-state index in [0.717, 1.165) is 19.6 Å². The van der Waals surface area contributed by atoms with Crippen molar-refractivity contribution in [3.8, 4) is 0 Å². The number of rotatable bonds is 2. The van der Waals surface area contributed by atoms with E-state index in [2.05, 4.69) is 15.6 Å². The number of nitrogens with one attached hydrogen (secondary N) is 1. The number of anilines is 1. The number of nitrogens with zero attached hydrogens (tertiary/aromatic N) is 3. The summed E-state index contributed by atoms with van der Waals surface area (Å²) in [6.07, 6.45) is 3.00. The summed E-state index contributed by atoms with van der Waals surface area (Å²) in [6, 6.07) is 0. The third-order valence-electron chi connectivity index (χ3n) is 2.16. The van der Waals surface area contributed by atoms with Gasteiger partial charge in [0.25, 0.3) is 0 Å². The first-order valence-electron chi connectivity index (χ1n) is 4.21. The van der Waals surface area contributed by atoms with Crippen LogP contribution in [0.4, 0.5) is 5.82 Å². The third kappa shape index (κ3) is 1.55. The van der Waals surface area contributed by atoms with Crippen molar-refractivity contribution < 1.29 is 0 Å². The maximum Gasteiger partial charge on any atom is 0.165 e. The number of hydrogen-bond acceptors (Lipinski definition) is 4. The molecule has 1 unspecified atom stereocenters. The van der Waals surface area contributed by atoms with Gasteiger partial charge in [-0.25, -0.2) is 0 Å². The molecule has 0 saturated carbocycles. The van der Waals surface area contributed by atoms with E-state index in [9.17, 15) is 0 Å². The summed E-state index contributed by atoms with van der Waals surface area (Å²) in [5, 5.41) is 10.9. The van der Waals surface area contributed by atoms with Crippen LogP contribution in [0.15, 0.2) is 6.20 Å². The van der Waals surface area contributed by atoms with Crippen LogP contribution in [0.5, 0.6) is 0 Å². The molecule has 1 aromatic rings. The topological polar surface area (TPSA) is 68.8 Å². The lowest BCUT2D eigenvalue weighted by Gasteiger charge is -2.05. The fraction of sp³-hybridized carbons (Fsp3) is 0.714. The number of nitrogen functional groups attached to an aromatic ring is 1. The molecule has 0 amide bonds. The molecule has 1 atom stereocenters. The second-order valence-corrected chi connectivity index (χ2v) is 3.22. The van der Waals surface area contributed by atoms with Gasteiger partial charge in [-0.15, -0.1) is 5.10 Å². The average molecular weight is 167 g/mol. The van der Waals surface area contributed by atoms with E-state index in [1.54, 1.807) is 6.20 Å². The second kappa shape index (κ2) is 3.10. The first-order valence-corrected chi connectivity index (χ1v) is 4.21. The number of hydrogen-bond donors (Lipinski definition) is 2. The number of aromatic nitrogens is 3. The summed E-state index contributed by atoms with van der Waals surface area (Å²) < 4.78 is 1.81. The molecule has 1 aliphatic rings. The smallest absolute Gasteiger partial charge is 0.165 e. The largest absolute Gasteiger partial charge is 0.381 e. The van der Waals surface area contributed by atoms with Crippen molar-refractivity contribution in [2.45, 2.75) is 13.0 Å². The molecule has 0 aromatic carbocycles. The van der Waals surface area contributed by atoms with Gasteiger partial charge < -0.3 is 11.1 Å². The molecule has 0 spiro atoms. The summed E-state index contributed by atoms with van der Waals surface area (Å²) in [6.45, 7) is 3.13. The minimum absolute atomic E-state index is 0.501. The quantitative estimate of drug-likeness (QED) is 0.621. The van der Waals surface area contributed by atoms with E-state index in [0.29, 0.717) is 11.7 Å². The monoisotopic (exact) mass is 167 g/mol. The lowest BCUT2D eigenvalue weighted by Crippen LogP contribution is -2.14. The van der Waals surface area contributed by atoms with Gasteiger partial charge in [0, 0.05) is 6.54 Å². The van der Waals surface area contributed by atoms with Crippen LogP contribution in [0.2, 0.25) is 0 Å². The van der Waals surface area contributed by atoms with Crippen molar-refractivity contribution >= 4 is 5.82 Å². The van der Waals surface area contributed by atoms with Crippen LogP contribution < -0.4 is 11.1 Å². The molecule has 12 heavy (non-hydrogen) atoms. The number of nitrogens with two attached hydrogens (primary N) is 1. The molecule has 2 rings (SSSR count).